The number of nitrogens with one attached hydrogen (secondary N) is 2. The SMILES string of the molecule is CN(C)c1ccnc(NC2CCC(CNCc3ccc4c(c3)OCCO4)CC2)n1. The van der Waals surface area contributed by atoms with Crippen molar-refractivity contribution in [1.29, 1.82) is 0 Å². The lowest BCUT2D eigenvalue weighted by molar-refractivity contribution is 0.171. The maximum atomic E-state index is 5.67. The molecule has 0 atom stereocenters. The van der Waals surface area contributed by atoms with Gasteiger partial charge < -0.3 is 25.0 Å². The van der Waals surface area contributed by atoms with E-state index in [9.17, 15) is 0 Å². The second-order valence-electron chi connectivity index (χ2n) is 8.10. The van der Waals surface area contributed by atoms with E-state index in [0.29, 0.717) is 19.3 Å². The zero-order valence-corrected chi connectivity index (χ0v) is 17.4. The fourth-order valence-electron chi connectivity index (χ4n) is 3.98. The van der Waals surface area contributed by atoms with Gasteiger partial charge in [0.05, 0.1) is 0 Å². The molecule has 1 aliphatic heterocycles. The minimum Gasteiger partial charge on any atom is -0.486 e. The molecule has 2 N–H and O–H groups in total. The van der Waals surface area contributed by atoms with Crippen molar-refractivity contribution in [2.75, 3.05) is 44.1 Å². The van der Waals surface area contributed by atoms with Gasteiger partial charge in [-0.25, -0.2) is 4.98 Å². The second kappa shape index (κ2) is 9.31. The van der Waals surface area contributed by atoms with E-state index in [0.717, 1.165) is 55.1 Å². The summed E-state index contributed by atoms with van der Waals surface area (Å²) in [5, 5.41) is 7.13. The molecule has 1 aromatic carbocycles. The number of hydrogen-bond donors (Lipinski definition) is 2. The molecule has 0 spiro atoms. The monoisotopic (exact) mass is 397 g/mol. The van der Waals surface area contributed by atoms with Gasteiger partial charge >= 0.3 is 0 Å². The lowest BCUT2D eigenvalue weighted by Crippen LogP contribution is -2.31. The molecular weight excluding hydrogens is 366 g/mol. The summed E-state index contributed by atoms with van der Waals surface area (Å²) >= 11 is 0. The minimum atomic E-state index is 0.460. The predicted molar refractivity (Wildman–Crippen MR) is 115 cm³/mol. The van der Waals surface area contributed by atoms with Crippen molar-refractivity contribution >= 4 is 11.8 Å². The summed E-state index contributed by atoms with van der Waals surface area (Å²) in [7, 11) is 3.99. The number of benzene rings is 1. The molecule has 4 rings (SSSR count). The minimum absolute atomic E-state index is 0.460. The molecule has 1 saturated carbocycles. The fraction of sp³-hybridized carbons (Fsp3) is 0.545. The molecule has 0 unspecified atom stereocenters. The highest BCUT2D eigenvalue weighted by Gasteiger charge is 2.21. The molecule has 156 valence electrons. The average molecular weight is 398 g/mol. The molecule has 2 aromatic rings. The third kappa shape index (κ3) is 5.29. The highest BCUT2D eigenvalue weighted by molar-refractivity contribution is 5.44. The number of anilines is 2. The largest absolute Gasteiger partial charge is 0.486 e. The summed E-state index contributed by atoms with van der Waals surface area (Å²) in [5.74, 6) is 4.10. The molecule has 0 bridgehead atoms. The van der Waals surface area contributed by atoms with Gasteiger partial charge in [-0.3, -0.25) is 0 Å². The molecule has 0 saturated heterocycles. The zero-order chi connectivity index (χ0) is 20.1. The van der Waals surface area contributed by atoms with Gasteiger partial charge in [-0.2, -0.15) is 4.98 Å². The Balaban J connectivity index is 1.19. The van der Waals surface area contributed by atoms with Crippen LogP contribution in [0.5, 0.6) is 11.5 Å². The molecular formula is C22H31N5O2. The van der Waals surface area contributed by atoms with E-state index in [1.165, 1.54) is 18.4 Å². The first kappa shape index (κ1) is 19.8. The molecule has 0 radical (unpaired) electrons. The Bertz CT molecular complexity index is 806. The Labute approximate surface area is 172 Å². The van der Waals surface area contributed by atoms with Crippen molar-refractivity contribution in [3.8, 4) is 11.5 Å². The van der Waals surface area contributed by atoms with E-state index in [1.54, 1.807) is 0 Å². The van der Waals surface area contributed by atoms with Crippen LogP contribution in [-0.2, 0) is 6.54 Å². The molecule has 29 heavy (non-hydrogen) atoms. The summed E-state index contributed by atoms with van der Waals surface area (Å²) in [4.78, 5) is 10.9. The lowest BCUT2D eigenvalue weighted by atomic mass is 9.86. The van der Waals surface area contributed by atoms with E-state index >= 15 is 0 Å². The van der Waals surface area contributed by atoms with Crippen molar-refractivity contribution in [3.63, 3.8) is 0 Å². The molecule has 1 aliphatic carbocycles. The van der Waals surface area contributed by atoms with E-state index in [1.807, 2.05) is 37.3 Å². The van der Waals surface area contributed by atoms with Crippen molar-refractivity contribution in [3.05, 3.63) is 36.0 Å². The third-order valence-electron chi connectivity index (χ3n) is 5.65. The molecule has 7 nitrogen and oxygen atoms in total. The Morgan fingerprint density at radius 1 is 1.03 bits per heavy atom. The number of rotatable bonds is 7. The quantitative estimate of drug-likeness (QED) is 0.744. The first-order valence-electron chi connectivity index (χ1n) is 10.5. The summed E-state index contributed by atoms with van der Waals surface area (Å²) < 4.78 is 11.3. The van der Waals surface area contributed by atoms with Gasteiger partial charge in [0.25, 0.3) is 0 Å². The molecule has 1 aromatic heterocycles. The fourth-order valence-corrected chi connectivity index (χ4v) is 3.98. The van der Waals surface area contributed by atoms with Gasteiger partial charge in [0, 0.05) is 32.9 Å². The van der Waals surface area contributed by atoms with E-state index in [4.69, 9.17) is 9.47 Å². The summed E-state index contributed by atoms with van der Waals surface area (Å²) in [6.45, 7) is 3.18. The van der Waals surface area contributed by atoms with E-state index in [-0.39, 0.29) is 0 Å². The van der Waals surface area contributed by atoms with Gasteiger partial charge in [-0.1, -0.05) is 6.07 Å². The zero-order valence-electron chi connectivity index (χ0n) is 17.4. The summed E-state index contributed by atoms with van der Waals surface area (Å²) in [6, 6.07) is 8.60. The van der Waals surface area contributed by atoms with Crippen LogP contribution in [-0.4, -0.2) is 49.9 Å². The molecule has 7 heteroatoms. The maximum absolute atomic E-state index is 5.67. The van der Waals surface area contributed by atoms with Crippen molar-refractivity contribution in [2.24, 2.45) is 5.92 Å². The van der Waals surface area contributed by atoms with Gasteiger partial charge in [-0.15, -0.1) is 0 Å². The Hall–Kier alpha value is -2.54. The van der Waals surface area contributed by atoms with Crippen LogP contribution in [0.2, 0.25) is 0 Å². The summed E-state index contributed by atoms with van der Waals surface area (Å²) in [6.07, 6.45) is 6.58. The lowest BCUT2D eigenvalue weighted by Gasteiger charge is -2.29. The first-order chi connectivity index (χ1) is 14.2. The van der Waals surface area contributed by atoms with Crippen LogP contribution in [0.25, 0.3) is 0 Å². The smallest absolute Gasteiger partial charge is 0.224 e. The Kier molecular flexibility index (Phi) is 6.34. The van der Waals surface area contributed by atoms with Crippen LogP contribution >= 0.6 is 0 Å². The highest BCUT2D eigenvalue weighted by atomic mass is 16.6. The van der Waals surface area contributed by atoms with Crippen LogP contribution in [0.15, 0.2) is 30.5 Å². The molecule has 2 heterocycles. The summed E-state index contributed by atoms with van der Waals surface area (Å²) in [5.41, 5.74) is 1.24. The normalized spacial score (nSPS) is 20.9. The maximum Gasteiger partial charge on any atom is 0.224 e. The van der Waals surface area contributed by atoms with Crippen LogP contribution in [0.4, 0.5) is 11.8 Å². The highest BCUT2D eigenvalue weighted by Crippen LogP contribution is 2.31. The topological polar surface area (TPSA) is 71.5 Å². The number of fused-ring (bicyclic) bond motifs is 1. The van der Waals surface area contributed by atoms with E-state index < -0.39 is 0 Å². The number of aromatic nitrogens is 2. The van der Waals surface area contributed by atoms with Crippen molar-refractivity contribution in [1.82, 2.24) is 15.3 Å². The van der Waals surface area contributed by atoms with Crippen LogP contribution in [0, 0.1) is 5.92 Å². The number of nitrogens with zero attached hydrogens (tertiary/aromatic N) is 3. The van der Waals surface area contributed by atoms with Crippen molar-refractivity contribution in [2.45, 2.75) is 38.3 Å². The first-order valence-corrected chi connectivity index (χ1v) is 10.5. The van der Waals surface area contributed by atoms with E-state index in [2.05, 4.69) is 32.7 Å². The number of hydrogen-bond acceptors (Lipinski definition) is 7. The molecule has 1 fully saturated rings. The van der Waals surface area contributed by atoms with Gasteiger partial charge in [0.2, 0.25) is 5.95 Å². The predicted octanol–water partition coefficient (Wildman–Crippen LogP) is 3.07. The van der Waals surface area contributed by atoms with Crippen LogP contribution in [0.3, 0.4) is 0 Å². The second-order valence-corrected chi connectivity index (χ2v) is 8.10. The Morgan fingerprint density at radius 2 is 1.83 bits per heavy atom. The van der Waals surface area contributed by atoms with Crippen LogP contribution in [0.1, 0.15) is 31.2 Å². The molecule has 0 amide bonds. The van der Waals surface area contributed by atoms with Crippen LogP contribution < -0.4 is 25.0 Å². The number of ether oxygens (including phenoxy) is 2. The van der Waals surface area contributed by atoms with Gasteiger partial charge in [0.1, 0.15) is 19.0 Å². The van der Waals surface area contributed by atoms with Gasteiger partial charge in [0.15, 0.2) is 11.5 Å². The Morgan fingerprint density at radius 3 is 2.62 bits per heavy atom. The third-order valence-corrected chi connectivity index (χ3v) is 5.65. The van der Waals surface area contributed by atoms with Gasteiger partial charge in [-0.05, 0) is 61.9 Å². The molecule has 2 aliphatic rings. The average Bonchev–Trinajstić information content (AvgIpc) is 2.75. The van der Waals surface area contributed by atoms with Crippen molar-refractivity contribution < 1.29 is 9.47 Å². The standard InChI is InChI=1S/C22H31N5O2/c1-27(2)21-9-10-24-22(26-21)25-18-6-3-16(4-7-18)14-23-15-17-5-8-19-20(13-17)29-12-11-28-19/h5,8-10,13,16,18,23H,3-4,6-7,11-12,14-15H2,1-2H3,(H,24,25,26).